The Morgan fingerprint density at radius 1 is 1.27 bits per heavy atom. The van der Waals surface area contributed by atoms with E-state index in [9.17, 15) is 9.18 Å². The van der Waals surface area contributed by atoms with E-state index in [2.05, 4.69) is 10.3 Å². The second kappa shape index (κ2) is 6.76. The van der Waals surface area contributed by atoms with Crippen LogP contribution in [0.2, 0.25) is 0 Å². The van der Waals surface area contributed by atoms with Gasteiger partial charge in [-0.05, 0) is 35.4 Å². The van der Waals surface area contributed by atoms with Crippen LogP contribution in [0.25, 0.3) is 0 Å². The lowest BCUT2D eigenvalue weighted by Gasteiger charge is -2.22. The number of carbonyl (C=O) groups excluding carboxylic acids is 1. The first kappa shape index (κ1) is 16.5. The molecule has 2 aromatic carbocycles. The van der Waals surface area contributed by atoms with Gasteiger partial charge in [0.1, 0.15) is 24.0 Å². The Hall–Kier alpha value is -2.93. The van der Waals surface area contributed by atoms with Gasteiger partial charge in [-0.3, -0.25) is 4.79 Å². The van der Waals surface area contributed by atoms with Crippen LogP contribution in [-0.2, 0) is 11.4 Å². The Morgan fingerprint density at radius 3 is 2.96 bits per heavy atom. The van der Waals surface area contributed by atoms with Crippen molar-refractivity contribution in [3.05, 3.63) is 70.4 Å². The van der Waals surface area contributed by atoms with Crippen LogP contribution in [0.1, 0.15) is 28.3 Å². The van der Waals surface area contributed by atoms with Crippen LogP contribution in [0.15, 0.2) is 48.5 Å². The number of amides is 1. The molecule has 5 nitrogen and oxygen atoms in total. The molecule has 1 unspecified atom stereocenters. The summed E-state index contributed by atoms with van der Waals surface area (Å²) in [6.45, 7) is 0.269. The van der Waals surface area contributed by atoms with Crippen LogP contribution in [0.5, 0.6) is 5.75 Å². The topological polar surface area (TPSA) is 77.2 Å². The van der Waals surface area contributed by atoms with Gasteiger partial charge in [-0.2, -0.15) is 0 Å². The number of hydrogen-bond acceptors (Lipinski definition) is 5. The average molecular weight is 369 g/mol. The number of nitrogens with one attached hydrogen (secondary N) is 1. The molecule has 0 spiro atoms. The Kier molecular flexibility index (Phi) is 4.30. The van der Waals surface area contributed by atoms with Gasteiger partial charge in [0, 0.05) is 12.3 Å². The molecule has 4 rings (SSSR count). The summed E-state index contributed by atoms with van der Waals surface area (Å²) in [5.74, 6) is 0.727. The first-order chi connectivity index (χ1) is 12.6. The van der Waals surface area contributed by atoms with Gasteiger partial charge in [-0.1, -0.05) is 35.6 Å². The SMILES string of the molecule is Nc1nc2c(s1)C(c1cccc(OCc3cccc(F)c3)c1)CC(=O)N2. The standard InChI is InChI=1S/C19H16FN3O2S/c20-13-5-1-3-11(7-13)10-25-14-6-2-4-12(8-14)15-9-16(24)22-18-17(15)26-19(21)23-18/h1-8,15H,9-10H2,(H2,21,23)(H,22,24). The number of nitrogens with zero attached hydrogens (tertiary/aromatic N) is 1. The summed E-state index contributed by atoms with van der Waals surface area (Å²) >= 11 is 1.38. The van der Waals surface area contributed by atoms with Gasteiger partial charge in [0.2, 0.25) is 5.91 Å². The second-order valence-electron chi connectivity index (χ2n) is 6.06. The van der Waals surface area contributed by atoms with Gasteiger partial charge < -0.3 is 15.8 Å². The third-order valence-corrected chi connectivity index (χ3v) is 5.19. The summed E-state index contributed by atoms with van der Waals surface area (Å²) < 4.78 is 19.1. The number of halogens is 1. The molecule has 1 aliphatic rings. The van der Waals surface area contributed by atoms with Crippen LogP contribution >= 0.6 is 11.3 Å². The molecule has 3 N–H and O–H groups in total. The van der Waals surface area contributed by atoms with Gasteiger partial charge in [0.25, 0.3) is 0 Å². The maximum atomic E-state index is 13.3. The Labute approximate surface area is 153 Å². The number of aromatic nitrogens is 1. The van der Waals surface area contributed by atoms with Gasteiger partial charge in [0.05, 0.1) is 4.88 Å². The fourth-order valence-corrected chi connectivity index (χ4v) is 3.94. The van der Waals surface area contributed by atoms with Crippen LogP contribution in [0.4, 0.5) is 15.3 Å². The lowest BCUT2D eigenvalue weighted by atomic mass is 9.91. The molecule has 3 aromatic rings. The maximum Gasteiger partial charge on any atom is 0.226 e. The highest BCUT2D eigenvalue weighted by Gasteiger charge is 2.30. The highest BCUT2D eigenvalue weighted by molar-refractivity contribution is 7.16. The molecule has 0 radical (unpaired) electrons. The van der Waals surface area contributed by atoms with Crippen molar-refractivity contribution in [2.24, 2.45) is 0 Å². The Bertz CT molecular complexity index is 973. The van der Waals surface area contributed by atoms with Crippen molar-refractivity contribution in [1.29, 1.82) is 0 Å². The number of hydrogen-bond donors (Lipinski definition) is 2. The first-order valence-electron chi connectivity index (χ1n) is 8.12. The predicted octanol–water partition coefficient (Wildman–Crippen LogP) is 3.92. The zero-order chi connectivity index (χ0) is 18.1. The van der Waals surface area contributed by atoms with E-state index < -0.39 is 0 Å². The van der Waals surface area contributed by atoms with Crippen molar-refractivity contribution >= 4 is 28.2 Å². The number of benzene rings is 2. The molecule has 1 aliphatic heterocycles. The number of nitrogen functional groups attached to an aromatic ring is 1. The molecule has 7 heteroatoms. The number of carbonyl (C=O) groups is 1. The van der Waals surface area contributed by atoms with Crippen molar-refractivity contribution in [3.8, 4) is 5.75 Å². The molecule has 0 bridgehead atoms. The monoisotopic (exact) mass is 369 g/mol. The van der Waals surface area contributed by atoms with Crippen molar-refractivity contribution in [2.75, 3.05) is 11.1 Å². The molecule has 0 saturated carbocycles. The number of anilines is 2. The van der Waals surface area contributed by atoms with E-state index in [1.165, 1.54) is 23.5 Å². The van der Waals surface area contributed by atoms with Gasteiger partial charge in [-0.15, -0.1) is 0 Å². The molecule has 1 atom stereocenters. The van der Waals surface area contributed by atoms with Crippen LogP contribution < -0.4 is 15.8 Å². The fourth-order valence-electron chi connectivity index (χ4n) is 3.02. The van der Waals surface area contributed by atoms with Gasteiger partial charge >= 0.3 is 0 Å². The van der Waals surface area contributed by atoms with Gasteiger partial charge in [0.15, 0.2) is 5.13 Å². The minimum absolute atomic E-state index is 0.0844. The lowest BCUT2D eigenvalue weighted by molar-refractivity contribution is -0.116. The predicted molar refractivity (Wildman–Crippen MR) is 98.8 cm³/mol. The number of ether oxygens (including phenoxy) is 1. The van der Waals surface area contributed by atoms with E-state index >= 15 is 0 Å². The zero-order valence-corrected chi connectivity index (χ0v) is 14.6. The Morgan fingerprint density at radius 2 is 2.12 bits per heavy atom. The first-order valence-corrected chi connectivity index (χ1v) is 8.93. The molecular weight excluding hydrogens is 353 g/mol. The molecule has 0 saturated heterocycles. The van der Waals surface area contributed by atoms with Crippen molar-refractivity contribution in [3.63, 3.8) is 0 Å². The highest BCUT2D eigenvalue weighted by atomic mass is 32.1. The summed E-state index contributed by atoms with van der Waals surface area (Å²) in [7, 11) is 0. The summed E-state index contributed by atoms with van der Waals surface area (Å²) in [5, 5.41) is 3.19. The number of fused-ring (bicyclic) bond motifs is 1. The van der Waals surface area contributed by atoms with E-state index in [1.54, 1.807) is 6.07 Å². The summed E-state index contributed by atoms with van der Waals surface area (Å²) in [5.41, 5.74) is 7.51. The van der Waals surface area contributed by atoms with Crippen molar-refractivity contribution < 1.29 is 13.9 Å². The minimum Gasteiger partial charge on any atom is -0.489 e. The Balaban J connectivity index is 1.57. The molecular formula is C19H16FN3O2S. The largest absolute Gasteiger partial charge is 0.489 e. The molecule has 0 fully saturated rings. The van der Waals surface area contributed by atoms with E-state index in [0.717, 1.165) is 16.0 Å². The molecule has 26 heavy (non-hydrogen) atoms. The third-order valence-electron chi connectivity index (χ3n) is 4.19. The van der Waals surface area contributed by atoms with Crippen molar-refractivity contribution in [1.82, 2.24) is 4.98 Å². The number of rotatable bonds is 4. The summed E-state index contributed by atoms with van der Waals surface area (Å²) in [6, 6.07) is 13.9. The quantitative estimate of drug-likeness (QED) is 0.731. The average Bonchev–Trinajstić information content (AvgIpc) is 2.99. The number of nitrogens with two attached hydrogens (primary N) is 1. The highest BCUT2D eigenvalue weighted by Crippen LogP contribution is 2.42. The number of thiazole rings is 1. The molecule has 2 heterocycles. The maximum absolute atomic E-state index is 13.3. The van der Waals surface area contributed by atoms with E-state index in [-0.39, 0.29) is 24.2 Å². The van der Waals surface area contributed by atoms with E-state index in [0.29, 0.717) is 23.1 Å². The van der Waals surface area contributed by atoms with E-state index in [1.807, 2.05) is 30.3 Å². The lowest BCUT2D eigenvalue weighted by Crippen LogP contribution is -2.22. The second-order valence-corrected chi connectivity index (χ2v) is 7.12. The summed E-state index contributed by atoms with van der Waals surface area (Å²) in [6.07, 6.45) is 0.335. The third kappa shape index (κ3) is 3.39. The van der Waals surface area contributed by atoms with Gasteiger partial charge in [-0.25, -0.2) is 9.37 Å². The van der Waals surface area contributed by atoms with Crippen LogP contribution in [-0.4, -0.2) is 10.9 Å². The van der Waals surface area contributed by atoms with E-state index in [4.69, 9.17) is 10.5 Å². The normalized spacial score (nSPS) is 16.0. The molecule has 1 aromatic heterocycles. The molecule has 132 valence electrons. The fraction of sp³-hybridized carbons (Fsp3) is 0.158. The molecule has 0 aliphatic carbocycles. The zero-order valence-electron chi connectivity index (χ0n) is 13.7. The minimum atomic E-state index is -0.289. The van der Waals surface area contributed by atoms with Crippen LogP contribution in [0, 0.1) is 5.82 Å². The summed E-state index contributed by atoms with van der Waals surface area (Å²) in [4.78, 5) is 17.1. The smallest absolute Gasteiger partial charge is 0.226 e. The van der Waals surface area contributed by atoms with Crippen LogP contribution in [0.3, 0.4) is 0 Å². The van der Waals surface area contributed by atoms with Crippen molar-refractivity contribution in [2.45, 2.75) is 18.9 Å². The molecule has 1 amide bonds.